The largest absolute Gasteiger partial charge is 0.722 e. The second-order valence-corrected chi connectivity index (χ2v) is 3.17. The fourth-order valence-corrected chi connectivity index (χ4v) is 1.18. The van der Waals surface area contributed by atoms with Crippen LogP contribution in [0.25, 0.3) is 0 Å². The minimum atomic E-state index is -0.940. The maximum atomic E-state index is 10.9. The van der Waals surface area contributed by atoms with E-state index in [-0.39, 0.29) is 10.4 Å². The summed E-state index contributed by atoms with van der Waals surface area (Å²) in [5.74, 6) is -0.677. The van der Waals surface area contributed by atoms with Crippen LogP contribution in [0.2, 0.25) is 0 Å². The molecule has 4 N–H and O–H groups in total. The van der Waals surface area contributed by atoms with E-state index in [2.05, 4.69) is 5.10 Å². The molecule has 0 aliphatic heterocycles. The molecule has 0 saturated carbocycles. The van der Waals surface area contributed by atoms with Crippen LogP contribution < -0.4 is 11.5 Å². The van der Waals surface area contributed by atoms with Gasteiger partial charge in [0.05, 0.1) is 21.6 Å². The van der Waals surface area contributed by atoms with E-state index in [0.717, 1.165) is 12.3 Å². The van der Waals surface area contributed by atoms with E-state index in [4.69, 9.17) is 11.5 Å². The van der Waals surface area contributed by atoms with E-state index in [1.165, 1.54) is 12.1 Å². The van der Waals surface area contributed by atoms with Gasteiger partial charge in [-0.3, -0.25) is 31.7 Å². The average Bonchev–Trinajstić information content (AvgIpc) is 2.34. The lowest BCUT2D eigenvalue weighted by atomic mass is 10.1. The van der Waals surface area contributed by atoms with E-state index < -0.39 is 27.2 Å². The van der Waals surface area contributed by atoms with Crippen LogP contribution in [0, 0.1) is 25.4 Å². The topological polar surface area (TPSA) is 177 Å². The highest BCUT2D eigenvalue weighted by Crippen LogP contribution is 2.29. The van der Waals surface area contributed by atoms with Gasteiger partial charge in [0.1, 0.15) is 0 Å². The lowest BCUT2D eigenvalue weighted by Crippen LogP contribution is -2.30. The Bertz CT molecular complexity index is 591. The Morgan fingerprint density at radius 1 is 1.16 bits per heavy atom. The molecule has 0 unspecified atom stereocenters. The van der Waals surface area contributed by atoms with Gasteiger partial charge in [-0.1, -0.05) is 6.07 Å². The van der Waals surface area contributed by atoms with Gasteiger partial charge in [0.15, 0.2) is 0 Å². The SMILES string of the molecule is NC(N)=[N+]([O-])N=Cc1cccc([N+](=O)[O-])c1[N+](=O)[O-]. The Balaban J connectivity index is 3.37. The Hall–Kier alpha value is -3.24. The normalized spacial score (nSPS) is 10.3. The Labute approximate surface area is 105 Å². The van der Waals surface area contributed by atoms with Crippen molar-refractivity contribution >= 4 is 23.5 Å². The summed E-state index contributed by atoms with van der Waals surface area (Å²) in [5, 5.41) is 35.6. The standard InChI is InChI=1S/C8H8N6O5/c9-8(10)12(15)11-4-5-2-1-3-6(13(16)17)7(5)14(18)19/h1-4H,9-10H2. The molecule has 1 rings (SSSR count). The first-order chi connectivity index (χ1) is 8.84. The predicted molar refractivity (Wildman–Crippen MR) is 64.4 cm³/mol. The molecule has 0 fully saturated rings. The number of rotatable bonds is 4. The molecule has 1 aromatic rings. The van der Waals surface area contributed by atoms with Crippen molar-refractivity contribution < 1.29 is 14.7 Å². The van der Waals surface area contributed by atoms with Gasteiger partial charge >= 0.3 is 17.3 Å². The Morgan fingerprint density at radius 3 is 2.26 bits per heavy atom. The number of nitrogens with two attached hydrogens (primary N) is 2. The van der Waals surface area contributed by atoms with Crippen molar-refractivity contribution in [2.75, 3.05) is 0 Å². The number of hydrazone groups is 1. The van der Waals surface area contributed by atoms with Gasteiger partial charge in [0.2, 0.25) is 0 Å². The van der Waals surface area contributed by atoms with Crippen LogP contribution in [0.4, 0.5) is 11.4 Å². The van der Waals surface area contributed by atoms with Gasteiger partial charge in [0.25, 0.3) is 0 Å². The fourth-order valence-electron chi connectivity index (χ4n) is 1.18. The summed E-state index contributed by atoms with van der Waals surface area (Å²) >= 11 is 0. The monoisotopic (exact) mass is 268 g/mol. The number of guanidine groups is 1. The van der Waals surface area contributed by atoms with E-state index in [1.54, 1.807) is 0 Å². The molecule has 0 atom stereocenters. The van der Waals surface area contributed by atoms with Crippen molar-refractivity contribution in [3.8, 4) is 0 Å². The molecule has 0 aromatic heterocycles. The predicted octanol–water partition coefficient (Wildman–Crippen LogP) is -0.379. The summed E-state index contributed by atoms with van der Waals surface area (Å²) in [5.41, 5.74) is 8.15. The first kappa shape index (κ1) is 13.8. The van der Waals surface area contributed by atoms with Gasteiger partial charge in [-0.15, -0.1) is 9.95 Å². The second-order valence-electron chi connectivity index (χ2n) is 3.17. The highest BCUT2D eigenvalue weighted by atomic mass is 16.6. The minimum absolute atomic E-state index is 0.178. The lowest BCUT2D eigenvalue weighted by Gasteiger charge is -2.02. The maximum absolute atomic E-state index is 10.9. The Kier molecular flexibility index (Phi) is 3.93. The third kappa shape index (κ3) is 3.12. The fraction of sp³-hybridized carbons (Fsp3) is 0. The molecule has 19 heavy (non-hydrogen) atoms. The molecule has 0 radical (unpaired) electrons. The summed E-state index contributed by atoms with van der Waals surface area (Å²) < 4.78 is 0. The number of benzene rings is 1. The van der Waals surface area contributed by atoms with Gasteiger partial charge in [-0.05, 0) is 6.07 Å². The highest BCUT2D eigenvalue weighted by Gasteiger charge is 2.27. The average molecular weight is 268 g/mol. The highest BCUT2D eigenvalue weighted by molar-refractivity contribution is 5.88. The van der Waals surface area contributed by atoms with E-state index in [0.29, 0.717) is 0 Å². The molecule has 1 aromatic carbocycles. The van der Waals surface area contributed by atoms with Crippen molar-refractivity contribution in [2.24, 2.45) is 16.6 Å². The summed E-state index contributed by atoms with van der Waals surface area (Å²) in [7, 11) is 0. The van der Waals surface area contributed by atoms with Crippen LogP contribution in [0.3, 0.4) is 0 Å². The molecular formula is C8H8N6O5. The van der Waals surface area contributed by atoms with Crippen molar-refractivity contribution in [2.45, 2.75) is 0 Å². The minimum Gasteiger partial charge on any atom is -0.722 e. The van der Waals surface area contributed by atoms with Crippen LogP contribution in [-0.2, 0) is 0 Å². The third-order valence-electron chi connectivity index (χ3n) is 1.95. The second kappa shape index (κ2) is 5.39. The van der Waals surface area contributed by atoms with Crippen LogP contribution in [0.1, 0.15) is 5.56 Å². The van der Waals surface area contributed by atoms with Crippen LogP contribution >= 0.6 is 0 Å². The first-order valence-corrected chi connectivity index (χ1v) is 4.65. The van der Waals surface area contributed by atoms with E-state index in [9.17, 15) is 25.4 Å². The summed E-state index contributed by atoms with van der Waals surface area (Å²) in [6, 6.07) is 3.38. The molecule has 100 valence electrons. The van der Waals surface area contributed by atoms with Crippen LogP contribution in [0.15, 0.2) is 23.3 Å². The molecular weight excluding hydrogens is 260 g/mol. The zero-order valence-corrected chi connectivity index (χ0v) is 9.29. The summed E-state index contributed by atoms with van der Waals surface area (Å²) in [6.45, 7) is 0. The van der Waals surface area contributed by atoms with E-state index in [1.807, 2.05) is 0 Å². The van der Waals surface area contributed by atoms with E-state index >= 15 is 0 Å². The third-order valence-corrected chi connectivity index (χ3v) is 1.95. The van der Waals surface area contributed by atoms with Gasteiger partial charge in [-0.25, -0.2) is 0 Å². The summed E-state index contributed by atoms with van der Waals surface area (Å²) in [4.78, 5) is 19.5. The van der Waals surface area contributed by atoms with Crippen LogP contribution in [0.5, 0.6) is 0 Å². The first-order valence-electron chi connectivity index (χ1n) is 4.65. The number of hydrogen-bond acceptors (Lipinski definition) is 6. The molecule has 0 heterocycles. The van der Waals surface area contributed by atoms with Crippen molar-refractivity contribution in [3.63, 3.8) is 0 Å². The van der Waals surface area contributed by atoms with Gasteiger partial charge in [-0.2, -0.15) is 0 Å². The number of nitrogens with zero attached hydrogens (tertiary/aromatic N) is 4. The number of para-hydroxylation sites is 1. The molecule has 0 aliphatic carbocycles. The zero-order valence-electron chi connectivity index (χ0n) is 9.29. The molecule has 11 heteroatoms. The van der Waals surface area contributed by atoms with Crippen LogP contribution in [-0.4, -0.2) is 26.9 Å². The zero-order chi connectivity index (χ0) is 14.6. The van der Waals surface area contributed by atoms with Crippen molar-refractivity contribution in [3.05, 3.63) is 49.2 Å². The molecule has 0 bridgehead atoms. The smallest absolute Gasteiger partial charge is 0.366 e. The summed E-state index contributed by atoms with van der Waals surface area (Å²) in [6.07, 6.45) is 0.762. The van der Waals surface area contributed by atoms with Crippen molar-refractivity contribution in [1.29, 1.82) is 0 Å². The number of nitro groups is 2. The number of hydrogen-bond donors (Lipinski definition) is 2. The Morgan fingerprint density at radius 2 is 1.79 bits per heavy atom. The quantitative estimate of drug-likeness (QED) is 0.186. The molecule has 0 saturated heterocycles. The van der Waals surface area contributed by atoms with Gasteiger partial charge in [0, 0.05) is 6.07 Å². The maximum Gasteiger partial charge on any atom is 0.366 e. The molecule has 0 amide bonds. The lowest BCUT2D eigenvalue weighted by molar-refractivity contribution is -0.464. The molecule has 0 spiro atoms. The number of nitro benzene ring substituents is 2. The molecule has 11 nitrogen and oxygen atoms in total. The molecule has 0 aliphatic rings. The van der Waals surface area contributed by atoms with Crippen molar-refractivity contribution in [1.82, 2.24) is 0 Å². The van der Waals surface area contributed by atoms with Gasteiger partial charge < -0.3 is 5.21 Å².